The molecule has 1 saturated heterocycles. The SMILES string of the molecule is CN=c1scc(-c2ccc(C)c(C)c2)n1N=Cc1ccc(N2CCOCC2)cc1. The molecule has 0 amide bonds. The van der Waals surface area contributed by atoms with Crippen molar-refractivity contribution in [2.45, 2.75) is 13.8 Å². The number of anilines is 1. The molecule has 6 heteroatoms. The van der Waals surface area contributed by atoms with Gasteiger partial charge in [0.15, 0.2) is 0 Å². The Morgan fingerprint density at radius 1 is 1.00 bits per heavy atom. The van der Waals surface area contributed by atoms with Crippen LogP contribution in [-0.2, 0) is 4.74 Å². The van der Waals surface area contributed by atoms with Gasteiger partial charge in [0, 0.05) is 36.8 Å². The van der Waals surface area contributed by atoms with Crippen molar-refractivity contribution < 1.29 is 4.74 Å². The highest BCUT2D eigenvalue weighted by molar-refractivity contribution is 7.07. The molecule has 0 bridgehead atoms. The molecule has 1 aliphatic heterocycles. The summed E-state index contributed by atoms with van der Waals surface area (Å²) in [5, 5.41) is 6.87. The van der Waals surface area contributed by atoms with E-state index in [1.54, 1.807) is 18.4 Å². The number of hydrogen-bond acceptors (Lipinski definition) is 5. The monoisotopic (exact) mass is 406 g/mol. The van der Waals surface area contributed by atoms with E-state index < -0.39 is 0 Å². The Kier molecular flexibility index (Phi) is 5.92. The van der Waals surface area contributed by atoms with E-state index in [-0.39, 0.29) is 0 Å². The Morgan fingerprint density at radius 3 is 2.45 bits per heavy atom. The van der Waals surface area contributed by atoms with Gasteiger partial charge in [-0.1, -0.05) is 24.3 Å². The second-order valence-electron chi connectivity index (χ2n) is 7.17. The quantitative estimate of drug-likeness (QED) is 0.613. The molecule has 2 aromatic carbocycles. The molecular formula is C23H26N4OS. The van der Waals surface area contributed by atoms with Gasteiger partial charge in [0.1, 0.15) is 0 Å². The van der Waals surface area contributed by atoms with E-state index in [0.717, 1.165) is 47.9 Å². The van der Waals surface area contributed by atoms with Crippen molar-refractivity contribution in [1.29, 1.82) is 0 Å². The molecule has 2 heterocycles. The topological polar surface area (TPSA) is 42.1 Å². The molecule has 150 valence electrons. The van der Waals surface area contributed by atoms with Gasteiger partial charge in [-0.05, 0) is 48.7 Å². The van der Waals surface area contributed by atoms with Gasteiger partial charge in [0.2, 0.25) is 4.80 Å². The van der Waals surface area contributed by atoms with Crippen LogP contribution in [0.3, 0.4) is 0 Å². The Bertz CT molecular complexity index is 1070. The van der Waals surface area contributed by atoms with Crippen molar-refractivity contribution in [3.63, 3.8) is 0 Å². The van der Waals surface area contributed by atoms with E-state index >= 15 is 0 Å². The molecule has 0 saturated carbocycles. The van der Waals surface area contributed by atoms with Gasteiger partial charge in [-0.2, -0.15) is 5.10 Å². The normalized spacial score (nSPS) is 15.4. The second kappa shape index (κ2) is 8.76. The van der Waals surface area contributed by atoms with Gasteiger partial charge in [0.25, 0.3) is 0 Å². The lowest BCUT2D eigenvalue weighted by molar-refractivity contribution is 0.122. The largest absolute Gasteiger partial charge is 0.378 e. The van der Waals surface area contributed by atoms with Crippen LogP contribution in [0.15, 0.2) is 57.9 Å². The number of morpholine rings is 1. The fourth-order valence-corrected chi connectivity index (χ4v) is 4.18. The van der Waals surface area contributed by atoms with Crippen molar-refractivity contribution in [2.24, 2.45) is 10.1 Å². The summed E-state index contributed by atoms with van der Waals surface area (Å²) in [4.78, 5) is 7.62. The molecule has 29 heavy (non-hydrogen) atoms. The molecule has 0 unspecified atom stereocenters. The zero-order valence-electron chi connectivity index (χ0n) is 17.1. The average molecular weight is 407 g/mol. The Balaban J connectivity index is 1.61. The first-order chi connectivity index (χ1) is 14.2. The van der Waals surface area contributed by atoms with Crippen LogP contribution in [0.2, 0.25) is 0 Å². The first-order valence-electron chi connectivity index (χ1n) is 9.84. The van der Waals surface area contributed by atoms with Crippen molar-refractivity contribution in [3.8, 4) is 11.3 Å². The summed E-state index contributed by atoms with van der Waals surface area (Å²) < 4.78 is 7.36. The number of nitrogens with zero attached hydrogens (tertiary/aromatic N) is 4. The molecular weight excluding hydrogens is 380 g/mol. The van der Waals surface area contributed by atoms with Gasteiger partial charge in [0.05, 0.1) is 25.1 Å². The van der Waals surface area contributed by atoms with E-state index in [2.05, 4.69) is 71.6 Å². The van der Waals surface area contributed by atoms with E-state index in [0.29, 0.717) is 0 Å². The van der Waals surface area contributed by atoms with Crippen molar-refractivity contribution in [2.75, 3.05) is 38.3 Å². The van der Waals surface area contributed by atoms with Gasteiger partial charge < -0.3 is 9.64 Å². The lowest BCUT2D eigenvalue weighted by atomic mass is 10.1. The Labute approximate surface area is 175 Å². The molecule has 4 rings (SSSR count). The van der Waals surface area contributed by atoms with Gasteiger partial charge in [-0.25, -0.2) is 4.68 Å². The molecule has 0 radical (unpaired) electrons. The zero-order valence-corrected chi connectivity index (χ0v) is 17.9. The molecule has 5 nitrogen and oxygen atoms in total. The van der Waals surface area contributed by atoms with E-state index in [4.69, 9.17) is 9.84 Å². The predicted octanol–water partition coefficient (Wildman–Crippen LogP) is 4.08. The zero-order chi connectivity index (χ0) is 20.2. The third-order valence-electron chi connectivity index (χ3n) is 5.27. The van der Waals surface area contributed by atoms with Crippen molar-refractivity contribution >= 4 is 23.2 Å². The van der Waals surface area contributed by atoms with Crippen LogP contribution in [0, 0.1) is 13.8 Å². The summed E-state index contributed by atoms with van der Waals surface area (Å²) >= 11 is 1.60. The first-order valence-corrected chi connectivity index (χ1v) is 10.7. The molecule has 0 atom stereocenters. The molecule has 0 N–H and O–H groups in total. The number of hydrogen-bond donors (Lipinski definition) is 0. The smallest absolute Gasteiger partial charge is 0.205 e. The maximum absolute atomic E-state index is 5.43. The summed E-state index contributed by atoms with van der Waals surface area (Å²) in [7, 11) is 1.80. The number of thiazole rings is 1. The third-order valence-corrected chi connectivity index (χ3v) is 6.18. The van der Waals surface area contributed by atoms with Crippen LogP contribution >= 0.6 is 11.3 Å². The number of ether oxygens (including phenoxy) is 1. The van der Waals surface area contributed by atoms with Gasteiger partial charge in [-0.3, -0.25) is 4.99 Å². The number of aromatic nitrogens is 1. The summed E-state index contributed by atoms with van der Waals surface area (Å²) in [6.45, 7) is 7.75. The van der Waals surface area contributed by atoms with Crippen LogP contribution in [0.1, 0.15) is 16.7 Å². The molecule has 0 aliphatic carbocycles. The number of benzene rings is 2. The predicted molar refractivity (Wildman–Crippen MR) is 121 cm³/mol. The molecule has 1 aliphatic rings. The van der Waals surface area contributed by atoms with Crippen LogP contribution in [0.25, 0.3) is 11.3 Å². The van der Waals surface area contributed by atoms with E-state index in [1.807, 2.05) is 10.9 Å². The maximum atomic E-state index is 5.43. The van der Waals surface area contributed by atoms with Crippen LogP contribution in [0.5, 0.6) is 0 Å². The second-order valence-corrected chi connectivity index (χ2v) is 8.01. The summed E-state index contributed by atoms with van der Waals surface area (Å²) in [6.07, 6.45) is 1.90. The number of aryl methyl sites for hydroxylation is 2. The van der Waals surface area contributed by atoms with Gasteiger partial charge in [-0.15, -0.1) is 11.3 Å². The molecule has 0 spiro atoms. The van der Waals surface area contributed by atoms with Crippen LogP contribution in [0.4, 0.5) is 5.69 Å². The fraction of sp³-hybridized carbons (Fsp3) is 0.304. The van der Waals surface area contributed by atoms with Crippen molar-refractivity contribution in [1.82, 2.24) is 4.68 Å². The minimum Gasteiger partial charge on any atom is -0.378 e. The Morgan fingerprint density at radius 2 is 1.76 bits per heavy atom. The molecule has 1 aromatic heterocycles. The van der Waals surface area contributed by atoms with Gasteiger partial charge >= 0.3 is 0 Å². The lowest BCUT2D eigenvalue weighted by Crippen LogP contribution is -2.36. The summed E-state index contributed by atoms with van der Waals surface area (Å²) in [6, 6.07) is 15.0. The van der Waals surface area contributed by atoms with Crippen LogP contribution < -0.4 is 9.70 Å². The molecule has 1 fully saturated rings. The highest BCUT2D eigenvalue weighted by Gasteiger charge is 2.11. The highest BCUT2D eigenvalue weighted by Crippen LogP contribution is 2.23. The van der Waals surface area contributed by atoms with Crippen LogP contribution in [-0.4, -0.2) is 44.2 Å². The molecule has 3 aromatic rings. The summed E-state index contributed by atoms with van der Waals surface area (Å²) in [5.74, 6) is 0. The van der Waals surface area contributed by atoms with E-state index in [1.165, 1.54) is 16.8 Å². The third kappa shape index (κ3) is 4.33. The minimum atomic E-state index is 0.794. The maximum Gasteiger partial charge on any atom is 0.205 e. The minimum absolute atomic E-state index is 0.794. The van der Waals surface area contributed by atoms with Crippen molar-refractivity contribution in [3.05, 3.63) is 69.3 Å². The lowest BCUT2D eigenvalue weighted by Gasteiger charge is -2.28. The summed E-state index contributed by atoms with van der Waals surface area (Å²) in [5.41, 5.74) is 7.07. The van der Waals surface area contributed by atoms with E-state index in [9.17, 15) is 0 Å². The fourth-order valence-electron chi connectivity index (χ4n) is 3.38. The highest BCUT2D eigenvalue weighted by atomic mass is 32.1. The number of rotatable bonds is 4. The first kappa shape index (κ1) is 19.6. The Hall–Kier alpha value is -2.70. The average Bonchev–Trinajstić information content (AvgIpc) is 3.18. The standard InChI is InChI=1S/C23H26N4OS/c1-17-4-7-20(14-18(17)2)22-16-29-23(24-3)27(22)25-15-19-5-8-21(9-6-19)26-10-12-28-13-11-26/h4-9,14-16H,10-13H2,1-3H3.